The van der Waals surface area contributed by atoms with Crippen LogP contribution in [0.1, 0.15) is 6.42 Å². The lowest BCUT2D eigenvalue weighted by atomic mass is 10.5. The van der Waals surface area contributed by atoms with E-state index >= 15 is 0 Å². The van der Waals surface area contributed by atoms with E-state index in [2.05, 4.69) is 17.0 Å². The summed E-state index contributed by atoms with van der Waals surface area (Å²) in [5.74, 6) is 0. The van der Waals surface area contributed by atoms with Crippen LogP contribution in [0.15, 0.2) is 0 Å². The van der Waals surface area contributed by atoms with E-state index in [0.717, 1.165) is 0 Å². The average Bonchev–Trinajstić information content (AvgIpc) is 1.61. The summed E-state index contributed by atoms with van der Waals surface area (Å²) in [5, 5.41) is 0. The molecule has 0 saturated carbocycles. The van der Waals surface area contributed by atoms with Crippen LogP contribution in [0.4, 0.5) is 0 Å². The van der Waals surface area contributed by atoms with Crippen LogP contribution in [-0.4, -0.2) is 18.7 Å². The lowest BCUT2D eigenvalue weighted by molar-refractivity contribution is 0.207. The minimum absolute atomic E-state index is 0.516. The van der Waals surface area contributed by atoms with E-state index < -0.39 is 0 Å². The summed E-state index contributed by atoms with van der Waals surface area (Å²) in [5.41, 5.74) is 5.13. The highest BCUT2D eigenvalue weighted by molar-refractivity contribution is 7.80. The smallest absolute Gasteiger partial charge is 0.0750 e. The maximum Gasteiger partial charge on any atom is 0.0750 e. The number of nitrogens with two attached hydrogens (primary N) is 1. The van der Waals surface area contributed by atoms with Crippen LogP contribution in [0.25, 0.3) is 0 Å². The summed E-state index contributed by atoms with van der Waals surface area (Å²) in [6.45, 7) is 0.634. The first-order chi connectivity index (χ1) is 3.27. The molecule has 2 nitrogen and oxygen atoms in total. The van der Waals surface area contributed by atoms with Crippen molar-refractivity contribution in [1.82, 2.24) is 0 Å². The fraction of sp³-hybridized carbons (Fsp3) is 0.750. The lowest BCUT2D eigenvalue weighted by Gasteiger charge is -1.92. The Kier molecular flexibility index (Phi) is 3.93. The topological polar surface area (TPSA) is 35.2 Å². The van der Waals surface area contributed by atoms with Crippen molar-refractivity contribution in [3.8, 4) is 0 Å². The molecule has 2 N–H and O–H groups in total. The lowest BCUT2D eigenvalue weighted by Crippen LogP contribution is -2.09. The molecule has 0 aromatic heterocycles. The molecule has 0 saturated heterocycles. The number of hydrogen-bond acceptors (Lipinski definition) is 2. The molecule has 0 aromatic carbocycles. The van der Waals surface area contributed by atoms with E-state index in [-0.39, 0.29) is 0 Å². The molecule has 0 rings (SSSR count). The molecule has 0 aromatic rings. The van der Waals surface area contributed by atoms with E-state index in [1.165, 1.54) is 0 Å². The molecule has 7 heavy (non-hydrogen) atoms. The van der Waals surface area contributed by atoms with Gasteiger partial charge in [-0.1, -0.05) is 12.2 Å². The maximum absolute atomic E-state index is 5.13. The predicted octanol–water partition coefficient (Wildman–Crippen LogP) is 0.309. The van der Waals surface area contributed by atoms with Gasteiger partial charge in [0, 0.05) is 13.5 Å². The first-order valence-corrected chi connectivity index (χ1v) is 2.45. The van der Waals surface area contributed by atoms with E-state index in [9.17, 15) is 0 Å². The highest BCUT2D eigenvalue weighted by Gasteiger charge is 1.83. The molecule has 3 heteroatoms. The fourth-order valence-electron chi connectivity index (χ4n) is 0.203. The van der Waals surface area contributed by atoms with E-state index in [4.69, 9.17) is 5.73 Å². The first kappa shape index (κ1) is 6.85. The second-order valence-corrected chi connectivity index (χ2v) is 1.73. The van der Waals surface area contributed by atoms with Crippen LogP contribution in [0.5, 0.6) is 0 Å². The van der Waals surface area contributed by atoms with Gasteiger partial charge in [0.15, 0.2) is 0 Å². The van der Waals surface area contributed by atoms with E-state index in [0.29, 0.717) is 18.0 Å². The Morgan fingerprint density at radius 2 is 2.43 bits per heavy atom. The zero-order valence-electron chi connectivity index (χ0n) is 4.31. The molecule has 0 amide bonds. The Balaban J connectivity index is 2.82. The predicted molar refractivity (Wildman–Crippen MR) is 33.3 cm³/mol. The van der Waals surface area contributed by atoms with Crippen LogP contribution in [-0.2, 0) is 4.74 Å². The van der Waals surface area contributed by atoms with Crippen LogP contribution < -0.4 is 5.73 Å². The first-order valence-electron chi connectivity index (χ1n) is 2.04. The number of rotatable bonds is 3. The Morgan fingerprint density at radius 3 is 2.57 bits per heavy atom. The van der Waals surface area contributed by atoms with Crippen molar-refractivity contribution in [2.75, 3.05) is 13.7 Å². The van der Waals surface area contributed by atoms with Crippen molar-refractivity contribution < 1.29 is 4.74 Å². The summed E-state index contributed by atoms with van der Waals surface area (Å²) in [7, 11) is 1.62. The highest BCUT2D eigenvalue weighted by Crippen LogP contribution is 1.77. The summed E-state index contributed by atoms with van der Waals surface area (Å²) in [4.78, 5) is 0.516. The van der Waals surface area contributed by atoms with Crippen LogP contribution in [0, 0.1) is 0 Å². The highest BCUT2D eigenvalue weighted by atomic mass is 32.1. The van der Waals surface area contributed by atoms with Gasteiger partial charge in [0.1, 0.15) is 0 Å². The normalized spacial score (nSPS) is 8.71. The van der Waals surface area contributed by atoms with Crippen molar-refractivity contribution >= 4 is 17.2 Å². The van der Waals surface area contributed by atoms with Gasteiger partial charge in [-0.25, -0.2) is 0 Å². The molecule has 0 radical (unpaired) electrons. The molecule has 0 fully saturated rings. The van der Waals surface area contributed by atoms with E-state index in [1.54, 1.807) is 7.11 Å². The van der Waals surface area contributed by atoms with Gasteiger partial charge in [0.05, 0.1) is 11.6 Å². The number of ether oxygens (including phenoxy) is 1. The molecule has 0 heterocycles. The molecule has 0 aliphatic carbocycles. The largest absolute Gasteiger partial charge is 0.393 e. The summed E-state index contributed by atoms with van der Waals surface area (Å²) < 4.78 is 4.69. The minimum Gasteiger partial charge on any atom is -0.393 e. The fourth-order valence-corrected chi connectivity index (χ4v) is 0.286. The third-order valence-electron chi connectivity index (χ3n) is 0.553. The number of hydrogen-bond donors (Lipinski definition) is 1. The Hall–Kier alpha value is -0.150. The van der Waals surface area contributed by atoms with Gasteiger partial charge < -0.3 is 10.5 Å². The van der Waals surface area contributed by atoms with Gasteiger partial charge in [0.2, 0.25) is 0 Å². The Morgan fingerprint density at radius 1 is 1.86 bits per heavy atom. The summed E-state index contributed by atoms with van der Waals surface area (Å²) >= 11 is 4.56. The minimum atomic E-state index is 0.516. The van der Waals surface area contributed by atoms with Crippen molar-refractivity contribution in [3.63, 3.8) is 0 Å². The van der Waals surface area contributed by atoms with Gasteiger partial charge in [-0.15, -0.1) is 0 Å². The average molecular weight is 119 g/mol. The van der Waals surface area contributed by atoms with Gasteiger partial charge in [0.25, 0.3) is 0 Å². The Labute approximate surface area is 48.6 Å². The summed E-state index contributed by atoms with van der Waals surface area (Å²) in [6.07, 6.45) is 0.686. The summed E-state index contributed by atoms with van der Waals surface area (Å²) in [6, 6.07) is 0. The maximum atomic E-state index is 5.13. The monoisotopic (exact) mass is 119 g/mol. The third-order valence-corrected chi connectivity index (χ3v) is 0.757. The zero-order chi connectivity index (χ0) is 5.70. The molecule has 0 unspecified atom stereocenters. The van der Waals surface area contributed by atoms with Crippen molar-refractivity contribution in [2.45, 2.75) is 6.42 Å². The standard InChI is InChI=1S/C4H9NOS/c1-6-3-2-4(5)7/h2-3H2,1H3,(H2,5,7). The molecule has 0 aliphatic heterocycles. The molecular weight excluding hydrogens is 110 g/mol. The van der Waals surface area contributed by atoms with E-state index in [1.807, 2.05) is 0 Å². The second-order valence-electron chi connectivity index (χ2n) is 1.21. The van der Waals surface area contributed by atoms with Gasteiger partial charge in [-0.3, -0.25) is 0 Å². The van der Waals surface area contributed by atoms with Gasteiger partial charge in [-0.2, -0.15) is 0 Å². The molecule has 0 aliphatic rings. The molecular formula is C4H9NOS. The Bertz CT molecular complexity index is 64.7. The van der Waals surface area contributed by atoms with Crippen LogP contribution in [0.3, 0.4) is 0 Å². The van der Waals surface area contributed by atoms with Crippen LogP contribution >= 0.6 is 12.2 Å². The molecule has 0 spiro atoms. The third kappa shape index (κ3) is 5.85. The quantitative estimate of drug-likeness (QED) is 0.543. The SMILES string of the molecule is COCCC(N)=S. The van der Waals surface area contributed by atoms with Crippen molar-refractivity contribution in [2.24, 2.45) is 5.73 Å². The molecule has 0 atom stereocenters. The zero-order valence-corrected chi connectivity index (χ0v) is 5.12. The van der Waals surface area contributed by atoms with Crippen molar-refractivity contribution in [3.05, 3.63) is 0 Å². The van der Waals surface area contributed by atoms with Gasteiger partial charge >= 0.3 is 0 Å². The van der Waals surface area contributed by atoms with Gasteiger partial charge in [-0.05, 0) is 0 Å². The van der Waals surface area contributed by atoms with Crippen LogP contribution in [0.2, 0.25) is 0 Å². The molecule has 0 bridgehead atoms. The second kappa shape index (κ2) is 4.02. The van der Waals surface area contributed by atoms with Crippen molar-refractivity contribution in [1.29, 1.82) is 0 Å². The molecule has 42 valence electrons. The number of methoxy groups -OCH3 is 1. The number of thiocarbonyl (C=S) groups is 1.